The van der Waals surface area contributed by atoms with Crippen molar-refractivity contribution < 1.29 is 9.53 Å². The van der Waals surface area contributed by atoms with Gasteiger partial charge in [-0.25, -0.2) is 0 Å². The van der Waals surface area contributed by atoms with E-state index in [0.29, 0.717) is 11.7 Å². The normalized spacial score (nSPS) is 10.6. The van der Waals surface area contributed by atoms with E-state index >= 15 is 0 Å². The summed E-state index contributed by atoms with van der Waals surface area (Å²) in [7, 11) is 0. The molecule has 0 saturated heterocycles. The van der Waals surface area contributed by atoms with E-state index in [1.807, 2.05) is 49.4 Å². The van der Waals surface area contributed by atoms with E-state index in [1.54, 1.807) is 0 Å². The first-order valence-electron chi connectivity index (χ1n) is 7.25. The van der Waals surface area contributed by atoms with Gasteiger partial charge in [0.05, 0.1) is 4.47 Å². The number of carbonyl (C=O) groups is 1. The Kier molecular flexibility index (Phi) is 5.61. The van der Waals surface area contributed by atoms with Crippen molar-refractivity contribution in [2.45, 2.75) is 26.7 Å². The maximum Gasteiger partial charge on any atom is 0.262 e. The van der Waals surface area contributed by atoms with E-state index in [-0.39, 0.29) is 12.5 Å². The van der Waals surface area contributed by atoms with Gasteiger partial charge in [-0.05, 0) is 52.0 Å². The lowest BCUT2D eigenvalue weighted by Gasteiger charge is -2.16. The molecule has 1 amide bonds. The van der Waals surface area contributed by atoms with Crippen molar-refractivity contribution in [3.63, 3.8) is 0 Å². The van der Waals surface area contributed by atoms with Crippen LogP contribution in [0.15, 0.2) is 46.9 Å². The highest BCUT2D eigenvalue weighted by Gasteiger charge is 2.12. The zero-order valence-corrected chi connectivity index (χ0v) is 14.6. The molecule has 0 radical (unpaired) electrons. The molecular formula is C18H20BrNO2. The van der Waals surface area contributed by atoms with Gasteiger partial charge in [-0.1, -0.05) is 44.2 Å². The molecule has 0 aliphatic heterocycles. The number of hydrogen-bond donors (Lipinski definition) is 1. The predicted molar refractivity (Wildman–Crippen MR) is 93.5 cm³/mol. The van der Waals surface area contributed by atoms with Crippen LogP contribution in [-0.2, 0) is 4.79 Å². The van der Waals surface area contributed by atoms with Gasteiger partial charge < -0.3 is 10.1 Å². The highest BCUT2D eigenvalue weighted by Crippen LogP contribution is 2.27. The molecule has 2 aromatic carbocycles. The molecule has 2 rings (SSSR count). The van der Waals surface area contributed by atoms with Gasteiger partial charge in [0.2, 0.25) is 0 Å². The van der Waals surface area contributed by atoms with Crippen molar-refractivity contribution >= 4 is 27.5 Å². The number of rotatable bonds is 5. The molecule has 116 valence electrons. The zero-order chi connectivity index (χ0) is 16.1. The Morgan fingerprint density at radius 3 is 2.59 bits per heavy atom. The summed E-state index contributed by atoms with van der Waals surface area (Å²) >= 11 is 3.40. The van der Waals surface area contributed by atoms with E-state index in [1.165, 1.54) is 0 Å². The van der Waals surface area contributed by atoms with E-state index in [4.69, 9.17) is 4.74 Å². The van der Waals surface area contributed by atoms with E-state index in [0.717, 1.165) is 21.3 Å². The van der Waals surface area contributed by atoms with Gasteiger partial charge in [0.25, 0.3) is 5.91 Å². The summed E-state index contributed by atoms with van der Waals surface area (Å²) in [5, 5.41) is 2.97. The van der Waals surface area contributed by atoms with Crippen molar-refractivity contribution in [3.05, 3.63) is 58.1 Å². The topological polar surface area (TPSA) is 38.3 Å². The number of anilines is 1. The molecule has 3 nitrogen and oxygen atoms in total. The quantitative estimate of drug-likeness (QED) is 0.822. The lowest BCUT2D eigenvalue weighted by Crippen LogP contribution is -2.21. The summed E-state index contributed by atoms with van der Waals surface area (Å²) in [6.45, 7) is 6.20. The maximum atomic E-state index is 12.2. The largest absolute Gasteiger partial charge is 0.483 e. The molecule has 2 aromatic rings. The van der Waals surface area contributed by atoms with Crippen molar-refractivity contribution in [3.8, 4) is 5.75 Å². The molecule has 1 N–H and O–H groups in total. The van der Waals surface area contributed by atoms with Crippen LogP contribution in [-0.4, -0.2) is 12.5 Å². The second-order valence-corrected chi connectivity index (χ2v) is 6.32. The Morgan fingerprint density at radius 1 is 1.18 bits per heavy atom. The van der Waals surface area contributed by atoms with Crippen molar-refractivity contribution in [1.82, 2.24) is 0 Å². The molecule has 0 aromatic heterocycles. The fourth-order valence-electron chi connectivity index (χ4n) is 2.22. The van der Waals surface area contributed by atoms with Gasteiger partial charge in [-0.15, -0.1) is 0 Å². The lowest BCUT2D eigenvalue weighted by molar-refractivity contribution is -0.118. The van der Waals surface area contributed by atoms with Crippen LogP contribution in [0.1, 0.15) is 30.9 Å². The molecule has 0 heterocycles. The van der Waals surface area contributed by atoms with Crippen molar-refractivity contribution in [2.75, 3.05) is 11.9 Å². The average Bonchev–Trinajstić information content (AvgIpc) is 2.48. The number of nitrogens with one attached hydrogen (secondary N) is 1. The van der Waals surface area contributed by atoms with Crippen LogP contribution in [0.5, 0.6) is 5.75 Å². The number of para-hydroxylation sites is 2. The minimum atomic E-state index is -0.160. The Hall–Kier alpha value is -1.81. The summed E-state index contributed by atoms with van der Waals surface area (Å²) in [6.07, 6.45) is 0. The van der Waals surface area contributed by atoms with Gasteiger partial charge in [0.1, 0.15) is 5.75 Å². The van der Waals surface area contributed by atoms with Crippen LogP contribution in [0.25, 0.3) is 0 Å². The first-order chi connectivity index (χ1) is 10.5. The number of halogens is 1. The summed E-state index contributed by atoms with van der Waals surface area (Å²) in [5.41, 5.74) is 3.08. The number of hydrogen-bond acceptors (Lipinski definition) is 2. The fourth-order valence-corrected chi connectivity index (χ4v) is 2.62. The fraction of sp³-hybridized carbons (Fsp3) is 0.278. The summed E-state index contributed by atoms with van der Waals surface area (Å²) in [6, 6.07) is 13.5. The third kappa shape index (κ3) is 4.10. The van der Waals surface area contributed by atoms with Gasteiger partial charge in [-0.3, -0.25) is 4.79 Å². The Bertz CT molecular complexity index is 668. The molecule has 0 saturated carbocycles. The molecule has 0 aliphatic carbocycles. The Balaban J connectivity index is 2.05. The highest BCUT2D eigenvalue weighted by molar-refractivity contribution is 9.10. The Morgan fingerprint density at radius 2 is 1.91 bits per heavy atom. The highest BCUT2D eigenvalue weighted by atomic mass is 79.9. The first kappa shape index (κ1) is 16.6. The van der Waals surface area contributed by atoms with Crippen molar-refractivity contribution in [1.29, 1.82) is 0 Å². The summed E-state index contributed by atoms with van der Waals surface area (Å²) < 4.78 is 6.39. The van der Waals surface area contributed by atoms with Crippen LogP contribution in [0.2, 0.25) is 0 Å². The van der Waals surface area contributed by atoms with Crippen LogP contribution >= 0.6 is 15.9 Å². The number of amides is 1. The molecule has 0 atom stereocenters. The summed E-state index contributed by atoms with van der Waals surface area (Å²) in [5.74, 6) is 0.845. The van der Waals surface area contributed by atoms with E-state index in [2.05, 4.69) is 35.1 Å². The standard InChI is InChI=1S/C18H20BrNO2/c1-12(2)14-8-6-7-13(3)18(14)20-17(21)11-22-16-10-5-4-9-15(16)19/h4-10,12H,11H2,1-3H3,(H,20,21). The second-order valence-electron chi connectivity index (χ2n) is 5.46. The van der Waals surface area contributed by atoms with E-state index in [9.17, 15) is 4.79 Å². The maximum absolute atomic E-state index is 12.2. The number of aryl methyl sites for hydroxylation is 1. The number of benzene rings is 2. The first-order valence-corrected chi connectivity index (χ1v) is 8.05. The molecule has 0 bridgehead atoms. The molecular weight excluding hydrogens is 342 g/mol. The third-order valence-corrected chi connectivity index (χ3v) is 4.04. The van der Waals surface area contributed by atoms with Crippen LogP contribution < -0.4 is 10.1 Å². The minimum Gasteiger partial charge on any atom is -0.483 e. The van der Waals surface area contributed by atoms with Crippen LogP contribution in [0.3, 0.4) is 0 Å². The second kappa shape index (κ2) is 7.45. The van der Waals surface area contributed by atoms with Gasteiger partial charge in [0, 0.05) is 5.69 Å². The van der Waals surface area contributed by atoms with Gasteiger partial charge in [-0.2, -0.15) is 0 Å². The van der Waals surface area contributed by atoms with Crippen LogP contribution in [0, 0.1) is 6.92 Å². The molecule has 4 heteroatoms. The van der Waals surface area contributed by atoms with Gasteiger partial charge >= 0.3 is 0 Å². The SMILES string of the molecule is Cc1cccc(C(C)C)c1NC(=O)COc1ccccc1Br. The average molecular weight is 362 g/mol. The minimum absolute atomic E-state index is 0.0194. The smallest absolute Gasteiger partial charge is 0.262 e. The molecule has 0 fully saturated rings. The third-order valence-electron chi connectivity index (χ3n) is 3.39. The predicted octanol–water partition coefficient (Wildman–Crippen LogP) is 4.90. The Labute approximate surface area is 139 Å². The van der Waals surface area contributed by atoms with Crippen molar-refractivity contribution in [2.24, 2.45) is 0 Å². The molecule has 0 unspecified atom stereocenters. The van der Waals surface area contributed by atoms with Gasteiger partial charge in [0.15, 0.2) is 6.61 Å². The lowest BCUT2D eigenvalue weighted by atomic mass is 9.98. The van der Waals surface area contributed by atoms with E-state index < -0.39 is 0 Å². The van der Waals surface area contributed by atoms with Crippen LogP contribution in [0.4, 0.5) is 5.69 Å². The summed E-state index contributed by atoms with van der Waals surface area (Å²) in [4.78, 5) is 12.2. The monoisotopic (exact) mass is 361 g/mol. The number of carbonyl (C=O) groups excluding carboxylic acids is 1. The molecule has 22 heavy (non-hydrogen) atoms. The molecule has 0 spiro atoms. The number of ether oxygens (including phenoxy) is 1. The molecule has 0 aliphatic rings. The zero-order valence-electron chi connectivity index (χ0n) is 13.0.